The lowest BCUT2D eigenvalue weighted by Gasteiger charge is -2.05. The van der Waals surface area contributed by atoms with Crippen LogP contribution in [-0.2, 0) is 6.54 Å². The standard InChI is InChI=1S/C13H10N4O2/c14-6-9-3-4-10(16-7-9)8-17-13(19)12-11(18)2-1-5-15-12/h1-5,7,18H,8H2,(H,17,19). The molecule has 6 heteroatoms. The van der Waals surface area contributed by atoms with E-state index in [0.717, 1.165) is 0 Å². The fraction of sp³-hybridized carbons (Fsp3) is 0.0769. The van der Waals surface area contributed by atoms with Crippen molar-refractivity contribution >= 4 is 5.91 Å². The van der Waals surface area contributed by atoms with Crippen molar-refractivity contribution in [2.75, 3.05) is 0 Å². The van der Waals surface area contributed by atoms with Crippen LogP contribution in [0.25, 0.3) is 0 Å². The largest absolute Gasteiger partial charge is 0.505 e. The molecule has 2 heterocycles. The summed E-state index contributed by atoms with van der Waals surface area (Å²) in [4.78, 5) is 19.6. The number of nitrogens with zero attached hydrogens (tertiary/aromatic N) is 3. The number of hydrogen-bond donors (Lipinski definition) is 2. The number of amides is 1. The Kier molecular flexibility index (Phi) is 3.69. The molecule has 2 rings (SSSR count). The molecule has 6 nitrogen and oxygen atoms in total. The molecule has 19 heavy (non-hydrogen) atoms. The van der Waals surface area contributed by atoms with E-state index in [-0.39, 0.29) is 18.0 Å². The van der Waals surface area contributed by atoms with Crippen LogP contribution in [-0.4, -0.2) is 21.0 Å². The summed E-state index contributed by atoms with van der Waals surface area (Å²) in [7, 11) is 0. The maximum atomic E-state index is 11.7. The van der Waals surface area contributed by atoms with Crippen molar-refractivity contribution in [1.29, 1.82) is 5.26 Å². The van der Waals surface area contributed by atoms with Gasteiger partial charge in [-0.05, 0) is 24.3 Å². The summed E-state index contributed by atoms with van der Waals surface area (Å²) in [5.41, 5.74) is 1.04. The highest BCUT2D eigenvalue weighted by Crippen LogP contribution is 2.12. The number of hydrogen-bond acceptors (Lipinski definition) is 5. The molecule has 0 aromatic carbocycles. The second-order valence-corrected chi connectivity index (χ2v) is 3.70. The number of rotatable bonds is 3. The maximum Gasteiger partial charge on any atom is 0.274 e. The van der Waals surface area contributed by atoms with E-state index in [4.69, 9.17) is 5.26 Å². The molecule has 0 spiro atoms. The predicted octanol–water partition coefficient (Wildman–Crippen LogP) is 0.984. The molecule has 1 amide bonds. The van der Waals surface area contributed by atoms with Gasteiger partial charge in [0.25, 0.3) is 5.91 Å². The van der Waals surface area contributed by atoms with Gasteiger partial charge in [-0.15, -0.1) is 0 Å². The van der Waals surface area contributed by atoms with Crippen molar-refractivity contribution < 1.29 is 9.90 Å². The van der Waals surface area contributed by atoms with E-state index < -0.39 is 5.91 Å². The molecule has 0 saturated heterocycles. The molecule has 0 fully saturated rings. The van der Waals surface area contributed by atoms with E-state index in [1.165, 1.54) is 24.5 Å². The number of carbonyl (C=O) groups excluding carboxylic acids is 1. The smallest absolute Gasteiger partial charge is 0.274 e. The zero-order valence-electron chi connectivity index (χ0n) is 9.87. The molecule has 0 aliphatic rings. The van der Waals surface area contributed by atoms with Gasteiger partial charge in [-0.2, -0.15) is 5.26 Å². The Morgan fingerprint density at radius 2 is 2.21 bits per heavy atom. The minimum Gasteiger partial charge on any atom is -0.505 e. The summed E-state index contributed by atoms with van der Waals surface area (Å²) >= 11 is 0. The number of aromatic hydroxyl groups is 1. The van der Waals surface area contributed by atoms with Crippen molar-refractivity contribution in [2.24, 2.45) is 0 Å². The monoisotopic (exact) mass is 254 g/mol. The summed E-state index contributed by atoms with van der Waals surface area (Å²) in [6.07, 6.45) is 2.86. The van der Waals surface area contributed by atoms with Gasteiger partial charge in [-0.1, -0.05) is 0 Å². The van der Waals surface area contributed by atoms with Crippen LogP contribution in [0.3, 0.4) is 0 Å². The molecule has 0 aliphatic heterocycles. The topological polar surface area (TPSA) is 98.9 Å². The molecule has 94 valence electrons. The highest BCUT2D eigenvalue weighted by molar-refractivity contribution is 5.94. The lowest BCUT2D eigenvalue weighted by molar-refractivity contribution is 0.0942. The second-order valence-electron chi connectivity index (χ2n) is 3.70. The summed E-state index contributed by atoms with van der Waals surface area (Å²) < 4.78 is 0. The summed E-state index contributed by atoms with van der Waals surface area (Å²) in [6.45, 7) is 0.195. The molecule has 0 aliphatic carbocycles. The highest BCUT2D eigenvalue weighted by atomic mass is 16.3. The van der Waals surface area contributed by atoms with Gasteiger partial charge in [0.1, 0.15) is 11.8 Å². The van der Waals surface area contributed by atoms with Gasteiger partial charge in [-0.25, -0.2) is 4.98 Å². The van der Waals surface area contributed by atoms with Gasteiger partial charge in [0.2, 0.25) is 0 Å². The zero-order valence-corrected chi connectivity index (χ0v) is 9.87. The van der Waals surface area contributed by atoms with E-state index in [1.54, 1.807) is 12.1 Å². The SMILES string of the molecule is N#Cc1ccc(CNC(=O)c2ncccc2O)nc1. The van der Waals surface area contributed by atoms with Gasteiger partial charge >= 0.3 is 0 Å². The Morgan fingerprint density at radius 3 is 2.84 bits per heavy atom. The first-order valence-electron chi connectivity index (χ1n) is 5.48. The molecule has 0 saturated carbocycles. The number of nitrogens with one attached hydrogen (secondary N) is 1. The van der Waals surface area contributed by atoms with Crippen molar-refractivity contribution in [3.8, 4) is 11.8 Å². The van der Waals surface area contributed by atoms with Crippen LogP contribution < -0.4 is 5.32 Å². The molecule has 2 aromatic rings. The van der Waals surface area contributed by atoms with Gasteiger partial charge in [0.05, 0.1) is 17.8 Å². The molecule has 0 bridgehead atoms. The quantitative estimate of drug-likeness (QED) is 0.850. The number of aromatic nitrogens is 2. The van der Waals surface area contributed by atoms with Crippen LogP contribution in [0.4, 0.5) is 0 Å². The summed E-state index contributed by atoms with van der Waals surface area (Å²) in [6, 6.07) is 8.15. The van der Waals surface area contributed by atoms with Gasteiger partial charge < -0.3 is 10.4 Å². The molecular formula is C13H10N4O2. The van der Waals surface area contributed by atoms with Crippen molar-refractivity contribution in [3.05, 3.63) is 53.6 Å². The Labute approximate surface area is 109 Å². The third-order valence-corrected chi connectivity index (χ3v) is 2.39. The predicted molar refractivity (Wildman–Crippen MR) is 66.0 cm³/mol. The average Bonchev–Trinajstić information content (AvgIpc) is 2.46. The first kappa shape index (κ1) is 12.5. The van der Waals surface area contributed by atoms with Gasteiger partial charge in [-0.3, -0.25) is 9.78 Å². The third-order valence-electron chi connectivity index (χ3n) is 2.39. The average molecular weight is 254 g/mol. The lowest BCUT2D eigenvalue weighted by Crippen LogP contribution is -2.24. The molecular weight excluding hydrogens is 244 g/mol. The van der Waals surface area contributed by atoms with Crippen molar-refractivity contribution in [1.82, 2.24) is 15.3 Å². The third kappa shape index (κ3) is 3.04. The van der Waals surface area contributed by atoms with Crippen LogP contribution in [0.1, 0.15) is 21.7 Å². The number of nitriles is 1. The zero-order chi connectivity index (χ0) is 13.7. The van der Waals surface area contributed by atoms with Crippen LogP contribution >= 0.6 is 0 Å². The van der Waals surface area contributed by atoms with E-state index in [1.807, 2.05) is 6.07 Å². The lowest BCUT2D eigenvalue weighted by atomic mass is 10.2. The molecule has 0 radical (unpaired) electrons. The fourth-order valence-electron chi connectivity index (χ4n) is 1.42. The van der Waals surface area contributed by atoms with Crippen molar-refractivity contribution in [2.45, 2.75) is 6.54 Å². The Balaban J connectivity index is 2.01. The van der Waals surface area contributed by atoms with E-state index >= 15 is 0 Å². The number of carbonyl (C=O) groups is 1. The van der Waals surface area contributed by atoms with Gasteiger partial charge in [0, 0.05) is 12.4 Å². The minimum absolute atomic E-state index is 0.0313. The Hall–Kier alpha value is -2.94. The van der Waals surface area contributed by atoms with Crippen LogP contribution in [0.5, 0.6) is 5.75 Å². The fourth-order valence-corrected chi connectivity index (χ4v) is 1.42. The molecule has 0 unspecified atom stereocenters. The second kappa shape index (κ2) is 5.60. The maximum absolute atomic E-state index is 11.7. The first-order valence-corrected chi connectivity index (χ1v) is 5.48. The summed E-state index contributed by atoms with van der Waals surface area (Å²) in [5.74, 6) is -0.656. The normalized spacial score (nSPS) is 9.63. The minimum atomic E-state index is -0.482. The van der Waals surface area contributed by atoms with Crippen molar-refractivity contribution in [3.63, 3.8) is 0 Å². The van der Waals surface area contributed by atoms with E-state index in [2.05, 4.69) is 15.3 Å². The molecule has 0 atom stereocenters. The van der Waals surface area contributed by atoms with Crippen LogP contribution in [0.2, 0.25) is 0 Å². The highest BCUT2D eigenvalue weighted by Gasteiger charge is 2.11. The van der Waals surface area contributed by atoms with E-state index in [9.17, 15) is 9.90 Å². The van der Waals surface area contributed by atoms with Gasteiger partial charge in [0.15, 0.2) is 5.69 Å². The molecule has 2 N–H and O–H groups in total. The van der Waals surface area contributed by atoms with Crippen LogP contribution in [0.15, 0.2) is 36.7 Å². The number of pyridine rings is 2. The first-order chi connectivity index (χ1) is 9.20. The van der Waals surface area contributed by atoms with Crippen LogP contribution in [0, 0.1) is 11.3 Å². The Bertz CT molecular complexity index is 632. The van der Waals surface area contributed by atoms with E-state index in [0.29, 0.717) is 11.3 Å². The summed E-state index contributed by atoms with van der Waals surface area (Å²) in [5, 5.41) is 20.7. The Morgan fingerprint density at radius 1 is 1.37 bits per heavy atom. The molecule has 2 aromatic heterocycles.